The Kier molecular flexibility index (Phi) is 8.49. The van der Waals surface area contributed by atoms with E-state index in [4.69, 9.17) is 10.5 Å². The summed E-state index contributed by atoms with van der Waals surface area (Å²) in [7, 11) is 0. The highest BCUT2D eigenvalue weighted by molar-refractivity contribution is 14.0. The third-order valence-electron chi connectivity index (χ3n) is 2.97. The van der Waals surface area contributed by atoms with Crippen LogP contribution in [-0.4, -0.2) is 25.0 Å². The second kappa shape index (κ2) is 10.1. The van der Waals surface area contributed by atoms with E-state index in [1.165, 1.54) is 18.2 Å². The maximum absolute atomic E-state index is 12.4. The molecule has 0 amide bonds. The van der Waals surface area contributed by atoms with Crippen molar-refractivity contribution in [1.82, 2.24) is 0 Å². The van der Waals surface area contributed by atoms with Crippen LogP contribution >= 0.6 is 24.0 Å². The molecule has 0 saturated heterocycles. The number of ether oxygens (including phenoxy) is 2. The van der Waals surface area contributed by atoms with E-state index in [1.54, 1.807) is 6.07 Å². The molecular weight excluding hydrogens is 462 g/mol. The highest BCUT2D eigenvalue weighted by Crippen LogP contribution is 2.29. The van der Waals surface area contributed by atoms with Gasteiger partial charge in [0.05, 0.1) is 12.2 Å². The molecule has 3 N–H and O–H groups in total. The van der Waals surface area contributed by atoms with Gasteiger partial charge in [0.15, 0.2) is 11.7 Å². The van der Waals surface area contributed by atoms with Gasteiger partial charge in [-0.15, -0.1) is 37.1 Å². The highest BCUT2D eigenvalue weighted by atomic mass is 127. The molecule has 0 aliphatic heterocycles. The molecule has 2 rings (SSSR count). The Morgan fingerprint density at radius 2 is 1.73 bits per heavy atom. The first kappa shape index (κ1) is 21.9. The maximum atomic E-state index is 12.4. The maximum Gasteiger partial charge on any atom is 0.573 e. The molecule has 0 saturated carbocycles. The molecule has 1 atom stereocenters. The molecule has 142 valence electrons. The van der Waals surface area contributed by atoms with Crippen LogP contribution in [0.3, 0.4) is 0 Å². The first-order chi connectivity index (χ1) is 11.8. The third kappa shape index (κ3) is 7.81. The summed E-state index contributed by atoms with van der Waals surface area (Å²) in [6.07, 6.45) is -5.05. The summed E-state index contributed by atoms with van der Waals surface area (Å²) < 4.78 is 46.8. The highest BCUT2D eigenvalue weighted by Gasteiger charge is 2.32. The van der Waals surface area contributed by atoms with Gasteiger partial charge in [-0.2, -0.15) is 0 Å². The van der Waals surface area contributed by atoms with Crippen molar-refractivity contribution in [2.45, 2.75) is 19.4 Å². The lowest BCUT2D eigenvalue weighted by molar-refractivity contribution is -0.274. The van der Waals surface area contributed by atoms with Gasteiger partial charge in [0.1, 0.15) is 11.9 Å². The number of hydrogen-bond acceptors (Lipinski definition) is 3. The number of nitrogens with zero attached hydrogens (tertiary/aromatic N) is 1. The van der Waals surface area contributed by atoms with Crippen molar-refractivity contribution < 1.29 is 22.6 Å². The SMILES string of the molecule is CC(CN=C(N)Nc1ccccc1OC(F)(F)F)Oc1ccccc1.I. The van der Waals surface area contributed by atoms with Crippen molar-refractivity contribution in [2.75, 3.05) is 11.9 Å². The molecule has 1 unspecified atom stereocenters. The number of benzene rings is 2. The Bertz CT molecular complexity index is 712. The van der Waals surface area contributed by atoms with E-state index in [9.17, 15) is 13.2 Å². The molecule has 0 aliphatic rings. The fourth-order valence-corrected chi connectivity index (χ4v) is 1.96. The number of nitrogens with one attached hydrogen (secondary N) is 1. The first-order valence-corrected chi connectivity index (χ1v) is 7.47. The molecular formula is C17H19F3IN3O2. The molecule has 5 nitrogen and oxygen atoms in total. The van der Waals surface area contributed by atoms with Crippen LogP contribution < -0.4 is 20.5 Å². The van der Waals surface area contributed by atoms with E-state index in [2.05, 4.69) is 15.0 Å². The number of rotatable bonds is 6. The van der Waals surface area contributed by atoms with E-state index in [-0.39, 0.29) is 54.0 Å². The predicted molar refractivity (Wildman–Crippen MR) is 105 cm³/mol. The van der Waals surface area contributed by atoms with E-state index in [0.29, 0.717) is 5.75 Å². The normalized spacial score (nSPS) is 12.7. The van der Waals surface area contributed by atoms with Crippen LogP contribution in [0.15, 0.2) is 59.6 Å². The van der Waals surface area contributed by atoms with Crippen molar-refractivity contribution in [3.63, 3.8) is 0 Å². The summed E-state index contributed by atoms with van der Waals surface area (Å²) in [6, 6.07) is 14.8. The lowest BCUT2D eigenvalue weighted by atomic mass is 10.3. The summed E-state index contributed by atoms with van der Waals surface area (Å²) in [5, 5.41) is 2.60. The van der Waals surface area contributed by atoms with Crippen molar-refractivity contribution in [2.24, 2.45) is 10.7 Å². The van der Waals surface area contributed by atoms with Crippen LogP contribution in [0, 0.1) is 0 Å². The molecule has 0 bridgehead atoms. The molecule has 0 aromatic heterocycles. The molecule has 0 aliphatic carbocycles. The third-order valence-corrected chi connectivity index (χ3v) is 2.97. The lowest BCUT2D eigenvalue weighted by Gasteiger charge is -2.15. The van der Waals surface area contributed by atoms with E-state index < -0.39 is 6.36 Å². The van der Waals surface area contributed by atoms with Crippen LogP contribution in [0.2, 0.25) is 0 Å². The summed E-state index contributed by atoms with van der Waals surface area (Å²) in [4.78, 5) is 4.07. The molecule has 2 aromatic carbocycles. The van der Waals surface area contributed by atoms with Gasteiger partial charge in [-0.25, -0.2) is 4.99 Å². The van der Waals surface area contributed by atoms with Crippen LogP contribution in [0.4, 0.5) is 18.9 Å². The largest absolute Gasteiger partial charge is 0.573 e. The van der Waals surface area contributed by atoms with Gasteiger partial charge in [-0.1, -0.05) is 30.3 Å². The number of halogens is 4. The smallest absolute Gasteiger partial charge is 0.489 e. The Labute approximate surface area is 166 Å². The zero-order chi connectivity index (χ0) is 18.3. The average Bonchev–Trinajstić information content (AvgIpc) is 2.54. The lowest BCUT2D eigenvalue weighted by Crippen LogP contribution is -2.26. The number of anilines is 1. The van der Waals surface area contributed by atoms with Crippen LogP contribution in [0.1, 0.15) is 6.92 Å². The zero-order valence-corrected chi connectivity index (χ0v) is 16.2. The van der Waals surface area contributed by atoms with Crippen molar-refractivity contribution in [3.8, 4) is 11.5 Å². The fourth-order valence-electron chi connectivity index (χ4n) is 1.96. The molecule has 26 heavy (non-hydrogen) atoms. The standard InChI is InChI=1S/C17H18F3N3O2.HI/c1-12(24-13-7-3-2-4-8-13)11-22-16(21)23-14-9-5-6-10-15(14)25-17(18,19)20;/h2-10,12H,11H2,1H3,(H3,21,22,23);1H. The van der Waals surface area contributed by atoms with Crippen LogP contribution in [0.5, 0.6) is 11.5 Å². The van der Waals surface area contributed by atoms with Crippen molar-refractivity contribution in [3.05, 3.63) is 54.6 Å². The monoisotopic (exact) mass is 481 g/mol. The minimum Gasteiger partial charge on any atom is -0.489 e. The van der Waals surface area contributed by atoms with Crippen LogP contribution in [0.25, 0.3) is 0 Å². The number of aliphatic imine (C=N–C) groups is 1. The van der Waals surface area contributed by atoms with E-state index in [0.717, 1.165) is 0 Å². The topological polar surface area (TPSA) is 68.9 Å². The molecule has 0 spiro atoms. The quantitative estimate of drug-likeness (QED) is 0.365. The minimum atomic E-state index is -4.79. The minimum absolute atomic E-state index is 0. The first-order valence-electron chi connectivity index (χ1n) is 7.47. The summed E-state index contributed by atoms with van der Waals surface area (Å²) >= 11 is 0. The zero-order valence-electron chi connectivity index (χ0n) is 13.9. The molecule has 9 heteroatoms. The molecule has 0 radical (unpaired) electrons. The second-order valence-electron chi connectivity index (χ2n) is 5.14. The Morgan fingerprint density at radius 1 is 1.12 bits per heavy atom. The van der Waals surface area contributed by atoms with Gasteiger partial charge in [0.25, 0.3) is 0 Å². The Balaban J connectivity index is 0.00000338. The summed E-state index contributed by atoms with van der Waals surface area (Å²) in [6.45, 7) is 2.04. The van der Waals surface area contributed by atoms with Crippen LogP contribution in [-0.2, 0) is 0 Å². The van der Waals surface area contributed by atoms with Gasteiger partial charge < -0.3 is 20.5 Å². The van der Waals surface area contributed by atoms with Gasteiger partial charge in [0, 0.05) is 0 Å². The number of para-hydroxylation sites is 3. The van der Waals surface area contributed by atoms with Crippen molar-refractivity contribution in [1.29, 1.82) is 0 Å². The van der Waals surface area contributed by atoms with Gasteiger partial charge in [0.2, 0.25) is 0 Å². The number of nitrogens with two attached hydrogens (primary N) is 1. The summed E-state index contributed by atoms with van der Waals surface area (Å²) in [5.74, 6) is 0.268. The van der Waals surface area contributed by atoms with Gasteiger partial charge in [-0.05, 0) is 31.2 Å². The molecule has 0 fully saturated rings. The van der Waals surface area contributed by atoms with E-state index >= 15 is 0 Å². The number of guanidine groups is 1. The Morgan fingerprint density at radius 3 is 2.38 bits per heavy atom. The van der Waals surface area contributed by atoms with Gasteiger partial charge >= 0.3 is 6.36 Å². The molecule has 0 heterocycles. The van der Waals surface area contributed by atoms with Crippen molar-refractivity contribution >= 4 is 35.6 Å². The number of alkyl halides is 3. The predicted octanol–water partition coefficient (Wildman–Crippen LogP) is 4.40. The summed E-state index contributed by atoms with van der Waals surface area (Å²) in [5.41, 5.74) is 5.79. The van der Waals surface area contributed by atoms with Gasteiger partial charge in [-0.3, -0.25) is 0 Å². The van der Waals surface area contributed by atoms with E-state index in [1.807, 2.05) is 37.3 Å². The molecule has 2 aromatic rings. The number of hydrogen-bond donors (Lipinski definition) is 2. The second-order valence-corrected chi connectivity index (χ2v) is 5.14. The fraction of sp³-hybridized carbons (Fsp3) is 0.235. The average molecular weight is 481 g/mol. The Hall–Kier alpha value is -2.17.